The van der Waals surface area contributed by atoms with E-state index in [1.807, 2.05) is 19.1 Å². The van der Waals surface area contributed by atoms with Crippen LogP contribution in [-0.4, -0.2) is 17.7 Å². The van der Waals surface area contributed by atoms with Gasteiger partial charge in [-0.1, -0.05) is 6.07 Å². The summed E-state index contributed by atoms with van der Waals surface area (Å²) < 4.78 is 35.5. The highest BCUT2D eigenvalue weighted by Gasteiger charge is 2.25. The van der Waals surface area contributed by atoms with E-state index in [2.05, 4.69) is 10.3 Å². The Morgan fingerprint density at radius 2 is 2.00 bits per heavy atom. The molecule has 0 spiro atoms. The van der Waals surface area contributed by atoms with Crippen LogP contribution in [0.25, 0.3) is 0 Å². The van der Waals surface area contributed by atoms with E-state index in [0.717, 1.165) is 5.56 Å². The zero-order chi connectivity index (χ0) is 12.0. The second-order valence-corrected chi connectivity index (χ2v) is 3.72. The van der Waals surface area contributed by atoms with E-state index in [-0.39, 0.29) is 6.42 Å². The molecule has 0 fully saturated rings. The zero-order valence-electron chi connectivity index (χ0n) is 9.14. The molecule has 0 aliphatic heterocycles. The first-order valence-electron chi connectivity index (χ1n) is 5.21. The molecule has 1 aromatic rings. The molecular formula is C11H15F3N2. The van der Waals surface area contributed by atoms with Crippen molar-refractivity contribution in [1.82, 2.24) is 4.98 Å². The molecule has 5 heteroatoms. The van der Waals surface area contributed by atoms with Gasteiger partial charge in [-0.15, -0.1) is 0 Å². The predicted molar refractivity (Wildman–Crippen MR) is 57.4 cm³/mol. The fraction of sp³-hybridized carbons (Fsp3) is 0.545. The second kappa shape index (κ2) is 5.72. The number of aryl methyl sites for hydroxylation is 1. The number of anilines is 1. The van der Waals surface area contributed by atoms with E-state index < -0.39 is 12.6 Å². The topological polar surface area (TPSA) is 24.9 Å². The SMILES string of the molecule is Cc1ccc(NCCCCC(F)(F)F)nc1. The van der Waals surface area contributed by atoms with E-state index in [0.29, 0.717) is 18.8 Å². The molecule has 1 rings (SSSR count). The van der Waals surface area contributed by atoms with Crippen molar-refractivity contribution in [3.05, 3.63) is 23.9 Å². The number of hydrogen-bond acceptors (Lipinski definition) is 2. The van der Waals surface area contributed by atoms with Gasteiger partial charge in [0.25, 0.3) is 0 Å². The van der Waals surface area contributed by atoms with Crippen LogP contribution in [0.1, 0.15) is 24.8 Å². The van der Waals surface area contributed by atoms with Crippen LogP contribution in [0.5, 0.6) is 0 Å². The van der Waals surface area contributed by atoms with E-state index in [9.17, 15) is 13.2 Å². The van der Waals surface area contributed by atoms with Gasteiger partial charge in [0.2, 0.25) is 0 Å². The van der Waals surface area contributed by atoms with Gasteiger partial charge in [0.1, 0.15) is 5.82 Å². The Kier molecular flexibility index (Phi) is 4.58. The average molecular weight is 232 g/mol. The molecule has 1 heterocycles. The summed E-state index contributed by atoms with van der Waals surface area (Å²) in [6.45, 7) is 2.45. The van der Waals surface area contributed by atoms with Gasteiger partial charge in [0.05, 0.1) is 0 Å². The number of unbranched alkanes of at least 4 members (excludes halogenated alkanes) is 1. The lowest BCUT2D eigenvalue weighted by molar-refractivity contribution is -0.135. The minimum absolute atomic E-state index is 0.155. The van der Waals surface area contributed by atoms with Gasteiger partial charge in [-0.25, -0.2) is 4.98 Å². The summed E-state index contributed by atoms with van der Waals surface area (Å²) in [5.41, 5.74) is 1.06. The van der Waals surface area contributed by atoms with Crippen molar-refractivity contribution >= 4 is 5.82 Å². The fourth-order valence-electron chi connectivity index (χ4n) is 1.24. The molecule has 0 aliphatic rings. The molecule has 90 valence electrons. The normalized spacial score (nSPS) is 11.5. The molecule has 0 atom stereocenters. The minimum Gasteiger partial charge on any atom is -0.370 e. The molecule has 0 saturated heterocycles. The molecule has 1 aromatic heterocycles. The first kappa shape index (κ1) is 12.8. The molecule has 0 saturated carbocycles. The Labute approximate surface area is 92.9 Å². The molecular weight excluding hydrogens is 217 g/mol. The summed E-state index contributed by atoms with van der Waals surface area (Å²) in [6, 6.07) is 3.73. The molecule has 0 bridgehead atoms. The van der Waals surface area contributed by atoms with E-state index in [1.54, 1.807) is 6.20 Å². The van der Waals surface area contributed by atoms with Crippen molar-refractivity contribution in [3.8, 4) is 0 Å². The molecule has 0 aliphatic carbocycles. The highest BCUT2D eigenvalue weighted by molar-refractivity contribution is 5.34. The zero-order valence-corrected chi connectivity index (χ0v) is 9.14. The quantitative estimate of drug-likeness (QED) is 0.785. The van der Waals surface area contributed by atoms with Crippen LogP contribution in [0, 0.1) is 6.92 Å². The number of aromatic nitrogens is 1. The second-order valence-electron chi connectivity index (χ2n) is 3.72. The van der Waals surface area contributed by atoms with Gasteiger partial charge in [0.15, 0.2) is 0 Å². The van der Waals surface area contributed by atoms with Crippen LogP contribution in [0.3, 0.4) is 0 Å². The van der Waals surface area contributed by atoms with Crippen LogP contribution in [0.2, 0.25) is 0 Å². The number of nitrogens with zero attached hydrogens (tertiary/aromatic N) is 1. The molecule has 2 nitrogen and oxygen atoms in total. The Bertz CT molecular complexity index is 306. The number of halogens is 3. The number of alkyl halides is 3. The van der Waals surface area contributed by atoms with Crippen LogP contribution in [0.4, 0.5) is 19.0 Å². The van der Waals surface area contributed by atoms with Crippen molar-refractivity contribution < 1.29 is 13.2 Å². The first-order chi connectivity index (χ1) is 7.47. The van der Waals surface area contributed by atoms with Crippen molar-refractivity contribution in [2.45, 2.75) is 32.4 Å². The number of hydrogen-bond donors (Lipinski definition) is 1. The third-order valence-corrected chi connectivity index (χ3v) is 2.10. The largest absolute Gasteiger partial charge is 0.389 e. The van der Waals surface area contributed by atoms with Crippen molar-refractivity contribution in [1.29, 1.82) is 0 Å². The summed E-state index contributed by atoms with van der Waals surface area (Å²) in [4.78, 5) is 4.09. The predicted octanol–water partition coefficient (Wildman–Crippen LogP) is 3.53. The number of rotatable bonds is 5. The van der Waals surface area contributed by atoms with Crippen molar-refractivity contribution in [3.63, 3.8) is 0 Å². The van der Waals surface area contributed by atoms with Crippen LogP contribution in [0.15, 0.2) is 18.3 Å². The summed E-state index contributed by atoms with van der Waals surface area (Å²) in [5.74, 6) is 0.706. The van der Waals surface area contributed by atoms with Gasteiger partial charge in [-0.2, -0.15) is 13.2 Å². The standard InChI is InChI=1S/C11H15F3N2/c1-9-4-5-10(16-8-9)15-7-3-2-6-11(12,13)14/h4-5,8H,2-3,6-7H2,1H3,(H,15,16). The lowest BCUT2D eigenvalue weighted by Gasteiger charge is -2.07. The van der Waals surface area contributed by atoms with E-state index >= 15 is 0 Å². The smallest absolute Gasteiger partial charge is 0.370 e. The Hall–Kier alpha value is -1.26. The highest BCUT2D eigenvalue weighted by Crippen LogP contribution is 2.22. The van der Waals surface area contributed by atoms with Gasteiger partial charge < -0.3 is 5.32 Å². The average Bonchev–Trinajstić information content (AvgIpc) is 2.19. The summed E-state index contributed by atoms with van der Waals surface area (Å²) >= 11 is 0. The molecule has 0 aromatic carbocycles. The molecule has 0 unspecified atom stereocenters. The third kappa shape index (κ3) is 5.58. The Balaban J connectivity index is 2.14. The monoisotopic (exact) mass is 232 g/mol. The minimum atomic E-state index is -4.04. The molecule has 0 amide bonds. The lowest BCUT2D eigenvalue weighted by Crippen LogP contribution is -2.09. The third-order valence-electron chi connectivity index (χ3n) is 2.10. The molecule has 16 heavy (non-hydrogen) atoms. The van der Waals surface area contributed by atoms with Crippen molar-refractivity contribution in [2.24, 2.45) is 0 Å². The highest BCUT2D eigenvalue weighted by atomic mass is 19.4. The van der Waals surface area contributed by atoms with Crippen molar-refractivity contribution in [2.75, 3.05) is 11.9 Å². The number of nitrogens with one attached hydrogen (secondary N) is 1. The first-order valence-corrected chi connectivity index (χ1v) is 5.21. The van der Waals surface area contributed by atoms with Crippen LogP contribution >= 0.6 is 0 Å². The fourth-order valence-corrected chi connectivity index (χ4v) is 1.24. The van der Waals surface area contributed by atoms with Crippen LogP contribution < -0.4 is 5.32 Å². The lowest BCUT2D eigenvalue weighted by atomic mass is 10.2. The maximum Gasteiger partial charge on any atom is 0.389 e. The number of pyridine rings is 1. The molecule has 0 radical (unpaired) electrons. The summed E-state index contributed by atoms with van der Waals surface area (Å²) in [6.07, 6.45) is -2.38. The Morgan fingerprint density at radius 3 is 2.56 bits per heavy atom. The van der Waals surface area contributed by atoms with Gasteiger partial charge in [-0.05, 0) is 31.4 Å². The summed E-state index contributed by atoms with van der Waals surface area (Å²) in [7, 11) is 0. The van der Waals surface area contributed by atoms with Gasteiger partial charge >= 0.3 is 6.18 Å². The maximum atomic E-state index is 11.8. The van der Waals surface area contributed by atoms with Gasteiger partial charge in [-0.3, -0.25) is 0 Å². The van der Waals surface area contributed by atoms with Crippen LogP contribution in [-0.2, 0) is 0 Å². The maximum absolute atomic E-state index is 11.8. The van der Waals surface area contributed by atoms with E-state index in [1.165, 1.54) is 0 Å². The van der Waals surface area contributed by atoms with Gasteiger partial charge in [0, 0.05) is 19.2 Å². The van der Waals surface area contributed by atoms with E-state index in [4.69, 9.17) is 0 Å². The Morgan fingerprint density at radius 1 is 1.25 bits per heavy atom. The summed E-state index contributed by atoms with van der Waals surface area (Å²) in [5, 5.41) is 2.98. The molecule has 1 N–H and O–H groups in total.